The topological polar surface area (TPSA) is 54.1 Å². The quantitative estimate of drug-likeness (QED) is 0.868. The van der Waals surface area contributed by atoms with Crippen LogP contribution in [0.2, 0.25) is 0 Å². The van der Waals surface area contributed by atoms with E-state index >= 15 is 0 Å². The molecule has 1 saturated carbocycles. The van der Waals surface area contributed by atoms with Gasteiger partial charge in [0, 0.05) is 24.1 Å². The van der Waals surface area contributed by atoms with Crippen LogP contribution in [-0.4, -0.2) is 30.1 Å². The van der Waals surface area contributed by atoms with Gasteiger partial charge in [-0.15, -0.1) is 0 Å². The molecule has 0 spiro atoms. The Morgan fingerprint density at radius 1 is 1.39 bits per heavy atom. The van der Waals surface area contributed by atoms with Crippen LogP contribution in [0.15, 0.2) is 30.3 Å². The molecule has 4 heteroatoms. The molecule has 0 bridgehead atoms. The summed E-state index contributed by atoms with van der Waals surface area (Å²) in [5, 5.41) is 4.07. The first-order chi connectivity index (χ1) is 8.76. The second-order valence-electron chi connectivity index (χ2n) is 4.77. The SMILES string of the molecule is COC1CC(NC(=O)c2cc3ccccc3[nH]2)C1. The third kappa shape index (κ3) is 1.99. The predicted octanol–water partition coefficient (Wildman–Crippen LogP) is 2.08. The molecule has 0 unspecified atom stereocenters. The zero-order valence-electron chi connectivity index (χ0n) is 10.3. The molecule has 1 aliphatic rings. The zero-order valence-corrected chi connectivity index (χ0v) is 10.3. The van der Waals surface area contributed by atoms with Crippen LogP contribution in [0.3, 0.4) is 0 Å². The summed E-state index contributed by atoms with van der Waals surface area (Å²) in [4.78, 5) is 15.2. The first-order valence-electron chi connectivity index (χ1n) is 6.17. The number of nitrogens with one attached hydrogen (secondary N) is 2. The van der Waals surface area contributed by atoms with Crippen molar-refractivity contribution < 1.29 is 9.53 Å². The van der Waals surface area contributed by atoms with E-state index in [-0.39, 0.29) is 11.9 Å². The number of hydrogen-bond donors (Lipinski definition) is 2. The molecule has 1 aromatic heterocycles. The van der Waals surface area contributed by atoms with Gasteiger partial charge in [-0.05, 0) is 25.0 Å². The van der Waals surface area contributed by atoms with Gasteiger partial charge in [0.2, 0.25) is 0 Å². The second-order valence-corrected chi connectivity index (χ2v) is 4.77. The van der Waals surface area contributed by atoms with E-state index in [9.17, 15) is 4.79 Å². The van der Waals surface area contributed by atoms with Gasteiger partial charge in [0.25, 0.3) is 5.91 Å². The number of hydrogen-bond acceptors (Lipinski definition) is 2. The zero-order chi connectivity index (χ0) is 12.5. The van der Waals surface area contributed by atoms with Crippen molar-refractivity contribution in [2.75, 3.05) is 7.11 Å². The highest BCUT2D eigenvalue weighted by molar-refractivity contribution is 5.98. The van der Waals surface area contributed by atoms with Gasteiger partial charge >= 0.3 is 0 Å². The predicted molar refractivity (Wildman–Crippen MR) is 69.6 cm³/mol. The lowest BCUT2D eigenvalue weighted by Crippen LogP contribution is -2.47. The van der Waals surface area contributed by atoms with Gasteiger partial charge in [0.05, 0.1) is 6.10 Å². The minimum atomic E-state index is -0.0363. The fourth-order valence-corrected chi connectivity index (χ4v) is 2.33. The van der Waals surface area contributed by atoms with E-state index in [0.29, 0.717) is 11.8 Å². The number of methoxy groups -OCH3 is 1. The summed E-state index contributed by atoms with van der Waals surface area (Å²) in [7, 11) is 1.71. The standard InChI is InChI=1S/C14H16N2O2/c1-18-11-7-10(8-11)15-14(17)13-6-9-4-2-3-5-12(9)16-13/h2-6,10-11,16H,7-8H2,1H3,(H,15,17). The molecule has 4 nitrogen and oxygen atoms in total. The van der Waals surface area contributed by atoms with Crippen molar-refractivity contribution in [3.05, 3.63) is 36.0 Å². The molecule has 1 aliphatic carbocycles. The molecule has 1 amide bonds. The summed E-state index contributed by atoms with van der Waals surface area (Å²) < 4.78 is 5.19. The number of aromatic nitrogens is 1. The van der Waals surface area contributed by atoms with Crippen molar-refractivity contribution in [2.45, 2.75) is 25.0 Å². The molecule has 94 valence electrons. The average Bonchev–Trinajstić information content (AvgIpc) is 2.76. The monoisotopic (exact) mass is 244 g/mol. The molecule has 3 rings (SSSR count). The molecule has 1 aromatic carbocycles. The number of aromatic amines is 1. The number of carbonyl (C=O) groups excluding carboxylic acids is 1. The highest BCUT2D eigenvalue weighted by Crippen LogP contribution is 2.23. The van der Waals surface area contributed by atoms with E-state index in [0.717, 1.165) is 23.7 Å². The van der Waals surface area contributed by atoms with Gasteiger partial charge < -0.3 is 15.0 Å². The van der Waals surface area contributed by atoms with Gasteiger partial charge in [-0.3, -0.25) is 4.79 Å². The molecular weight excluding hydrogens is 228 g/mol. The number of ether oxygens (including phenoxy) is 1. The summed E-state index contributed by atoms with van der Waals surface area (Å²) >= 11 is 0. The largest absolute Gasteiger partial charge is 0.381 e. The minimum Gasteiger partial charge on any atom is -0.381 e. The van der Waals surface area contributed by atoms with Crippen LogP contribution in [0.25, 0.3) is 10.9 Å². The normalized spacial score (nSPS) is 22.7. The lowest BCUT2D eigenvalue weighted by atomic mass is 9.89. The van der Waals surface area contributed by atoms with Crippen LogP contribution < -0.4 is 5.32 Å². The van der Waals surface area contributed by atoms with Gasteiger partial charge in [0.1, 0.15) is 5.69 Å². The number of rotatable bonds is 3. The van der Waals surface area contributed by atoms with Crippen molar-refractivity contribution in [1.29, 1.82) is 0 Å². The molecule has 2 aromatic rings. The maximum atomic E-state index is 12.0. The molecule has 0 saturated heterocycles. The lowest BCUT2D eigenvalue weighted by molar-refractivity contribution is 0.0175. The van der Waals surface area contributed by atoms with Crippen molar-refractivity contribution in [3.8, 4) is 0 Å². The van der Waals surface area contributed by atoms with Gasteiger partial charge in [-0.2, -0.15) is 0 Å². The van der Waals surface area contributed by atoms with E-state index in [1.165, 1.54) is 0 Å². The summed E-state index contributed by atoms with van der Waals surface area (Å²) in [6.45, 7) is 0. The van der Waals surface area contributed by atoms with Gasteiger partial charge in [-0.25, -0.2) is 0 Å². The fraction of sp³-hybridized carbons (Fsp3) is 0.357. The average molecular weight is 244 g/mol. The molecule has 0 atom stereocenters. The van der Waals surface area contributed by atoms with Crippen LogP contribution in [0.5, 0.6) is 0 Å². The molecule has 18 heavy (non-hydrogen) atoms. The van der Waals surface area contributed by atoms with Crippen LogP contribution >= 0.6 is 0 Å². The summed E-state index contributed by atoms with van der Waals surface area (Å²) in [5.74, 6) is -0.0363. The van der Waals surface area contributed by atoms with Crippen molar-refractivity contribution in [1.82, 2.24) is 10.3 Å². The number of benzene rings is 1. The molecule has 0 radical (unpaired) electrons. The van der Waals surface area contributed by atoms with Crippen LogP contribution in [0.1, 0.15) is 23.3 Å². The maximum absolute atomic E-state index is 12.0. The Labute approximate surface area is 105 Å². The van der Waals surface area contributed by atoms with E-state index in [4.69, 9.17) is 4.74 Å². The van der Waals surface area contributed by atoms with Crippen LogP contribution in [-0.2, 0) is 4.74 Å². The Hall–Kier alpha value is -1.81. The molecule has 2 N–H and O–H groups in total. The molecule has 1 fully saturated rings. The van der Waals surface area contributed by atoms with E-state index in [1.54, 1.807) is 7.11 Å². The smallest absolute Gasteiger partial charge is 0.267 e. The first kappa shape index (κ1) is 11.3. The third-order valence-corrected chi connectivity index (χ3v) is 3.54. The van der Waals surface area contributed by atoms with Crippen LogP contribution in [0, 0.1) is 0 Å². The number of para-hydroxylation sites is 1. The van der Waals surface area contributed by atoms with Crippen LogP contribution in [0.4, 0.5) is 0 Å². The van der Waals surface area contributed by atoms with Crippen molar-refractivity contribution in [2.24, 2.45) is 0 Å². The molecule has 0 aliphatic heterocycles. The third-order valence-electron chi connectivity index (χ3n) is 3.54. The second kappa shape index (κ2) is 4.46. The van der Waals surface area contributed by atoms with Crippen molar-refractivity contribution >= 4 is 16.8 Å². The number of carbonyl (C=O) groups is 1. The summed E-state index contributed by atoms with van der Waals surface area (Å²) in [6, 6.07) is 10.0. The maximum Gasteiger partial charge on any atom is 0.267 e. The van der Waals surface area contributed by atoms with E-state index < -0.39 is 0 Å². The Morgan fingerprint density at radius 3 is 2.89 bits per heavy atom. The highest BCUT2D eigenvalue weighted by atomic mass is 16.5. The lowest BCUT2D eigenvalue weighted by Gasteiger charge is -2.34. The number of amides is 1. The first-order valence-corrected chi connectivity index (χ1v) is 6.17. The molecular formula is C14H16N2O2. The Bertz CT molecular complexity index is 537. The number of fused-ring (bicyclic) bond motifs is 1. The van der Waals surface area contributed by atoms with E-state index in [2.05, 4.69) is 10.3 Å². The Kier molecular flexibility index (Phi) is 2.80. The summed E-state index contributed by atoms with van der Waals surface area (Å²) in [6.07, 6.45) is 2.11. The highest BCUT2D eigenvalue weighted by Gasteiger charge is 2.30. The van der Waals surface area contributed by atoms with E-state index in [1.807, 2.05) is 30.3 Å². The van der Waals surface area contributed by atoms with Gasteiger partial charge in [0.15, 0.2) is 0 Å². The Balaban J connectivity index is 1.69. The number of H-pyrrole nitrogens is 1. The fourth-order valence-electron chi connectivity index (χ4n) is 2.33. The molecule has 1 heterocycles. The van der Waals surface area contributed by atoms with Gasteiger partial charge in [-0.1, -0.05) is 18.2 Å². The van der Waals surface area contributed by atoms with Crippen molar-refractivity contribution in [3.63, 3.8) is 0 Å². The summed E-state index contributed by atoms with van der Waals surface area (Å²) in [5.41, 5.74) is 1.61. The minimum absolute atomic E-state index is 0.0363. The Morgan fingerprint density at radius 2 is 2.17 bits per heavy atom.